The first-order valence-electron chi connectivity index (χ1n) is 8.13. The van der Waals surface area contributed by atoms with Crippen LogP contribution in [0, 0.1) is 0 Å². The quantitative estimate of drug-likeness (QED) is 0.802. The summed E-state index contributed by atoms with van der Waals surface area (Å²) in [5.41, 5.74) is 1.04. The molecule has 0 fully saturated rings. The first-order chi connectivity index (χ1) is 10.5. The molecule has 0 bridgehead atoms. The molecule has 2 atom stereocenters. The van der Waals surface area contributed by atoms with Crippen molar-refractivity contribution in [3.05, 3.63) is 35.9 Å². The van der Waals surface area contributed by atoms with Gasteiger partial charge in [0.2, 0.25) is 11.8 Å². The zero-order valence-corrected chi connectivity index (χ0v) is 14.1. The van der Waals surface area contributed by atoms with Crippen molar-refractivity contribution in [3.63, 3.8) is 0 Å². The van der Waals surface area contributed by atoms with Crippen molar-refractivity contribution in [2.75, 3.05) is 0 Å². The second-order valence-electron chi connectivity index (χ2n) is 5.75. The van der Waals surface area contributed by atoms with E-state index < -0.39 is 6.04 Å². The minimum absolute atomic E-state index is 0.0261. The smallest absolute Gasteiger partial charge is 0.242 e. The van der Waals surface area contributed by atoms with Crippen LogP contribution in [-0.2, 0) is 16.1 Å². The molecule has 0 unspecified atom stereocenters. The highest BCUT2D eigenvalue weighted by molar-refractivity contribution is 5.87. The van der Waals surface area contributed by atoms with Crippen molar-refractivity contribution in [2.24, 2.45) is 0 Å². The molecule has 122 valence electrons. The molecule has 1 aromatic carbocycles. The molecule has 4 nitrogen and oxygen atoms in total. The SMILES string of the molecule is CCCC(=O)N(Cc1ccccc1)[C@@H](C)C(=O)N[C@H](C)CC. The molecule has 0 saturated carbocycles. The molecular formula is C18H28N2O2. The Bertz CT molecular complexity index is 473. The van der Waals surface area contributed by atoms with Crippen molar-refractivity contribution in [1.29, 1.82) is 0 Å². The molecule has 1 N–H and O–H groups in total. The molecule has 0 saturated heterocycles. The second kappa shape index (κ2) is 9.23. The highest BCUT2D eigenvalue weighted by Crippen LogP contribution is 2.12. The Labute approximate surface area is 133 Å². The summed E-state index contributed by atoms with van der Waals surface area (Å²) >= 11 is 0. The molecule has 4 heteroatoms. The number of carbonyl (C=O) groups excluding carboxylic acids is 2. The van der Waals surface area contributed by atoms with Crippen LogP contribution in [0.5, 0.6) is 0 Å². The lowest BCUT2D eigenvalue weighted by Crippen LogP contribution is -2.49. The van der Waals surface area contributed by atoms with Crippen molar-refractivity contribution < 1.29 is 9.59 Å². The molecule has 0 heterocycles. The maximum atomic E-state index is 12.4. The fraction of sp³-hybridized carbons (Fsp3) is 0.556. The monoisotopic (exact) mass is 304 g/mol. The molecule has 0 spiro atoms. The first-order valence-corrected chi connectivity index (χ1v) is 8.13. The topological polar surface area (TPSA) is 49.4 Å². The van der Waals surface area contributed by atoms with Gasteiger partial charge in [0.25, 0.3) is 0 Å². The van der Waals surface area contributed by atoms with Gasteiger partial charge in [-0.15, -0.1) is 0 Å². The third kappa shape index (κ3) is 5.51. The summed E-state index contributed by atoms with van der Waals surface area (Å²) in [5.74, 6) is -0.0621. The van der Waals surface area contributed by atoms with Crippen molar-refractivity contribution >= 4 is 11.8 Å². The average Bonchev–Trinajstić information content (AvgIpc) is 2.52. The lowest BCUT2D eigenvalue weighted by Gasteiger charge is -2.29. The van der Waals surface area contributed by atoms with Gasteiger partial charge in [-0.1, -0.05) is 44.2 Å². The van der Waals surface area contributed by atoms with E-state index in [2.05, 4.69) is 5.32 Å². The zero-order chi connectivity index (χ0) is 16.5. The van der Waals surface area contributed by atoms with Gasteiger partial charge in [0, 0.05) is 19.0 Å². The van der Waals surface area contributed by atoms with Gasteiger partial charge in [-0.05, 0) is 32.3 Å². The van der Waals surface area contributed by atoms with Crippen LogP contribution in [0.2, 0.25) is 0 Å². The highest BCUT2D eigenvalue weighted by atomic mass is 16.2. The summed E-state index contributed by atoms with van der Waals surface area (Å²) in [6.45, 7) is 8.24. The summed E-state index contributed by atoms with van der Waals surface area (Å²) in [7, 11) is 0. The third-order valence-electron chi connectivity index (χ3n) is 3.83. The Morgan fingerprint density at radius 2 is 1.77 bits per heavy atom. The van der Waals surface area contributed by atoms with Gasteiger partial charge in [-0.2, -0.15) is 0 Å². The van der Waals surface area contributed by atoms with E-state index in [0.29, 0.717) is 13.0 Å². The van der Waals surface area contributed by atoms with Crippen molar-refractivity contribution in [2.45, 2.75) is 65.6 Å². The molecule has 0 radical (unpaired) electrons. The molecule has 1 aromatic rings. The van der Waals surface area contributed by atoms with E-state index in [0.717, 1.165) is 18.4 Å². The number of nitrogens with one attached hydrogen (secondary N) is 1. The summed E-state index contributed by atoms with van der Waals surface area (Å²) in [6, 6.07) is 9.45. The summed E-state index contributed by atoms with van der Waals surface area (Å²) in [6.07, 6.45) is 2.12. The van der Waals surface area contributed by atoms with Gasteiger partial charge in [0.1, 0.15) is 6.04 Å². The van der Waals surface area contributed by atoms with Gasteiger partial charge in [-0.25, -0.2) is 0 Å². The first kappa shape index (κ1) is 18.2. The molecule has 0 aliphatic heterocycles. The summed E-state index contributed by atoms with van der Waals surface area (Å²) < 4.78 is 0. The van der Waals surface area contributed by atoms with E-state index in [1.807, 2.05) is 51.1 Å². The van der Waals surface area contributed by atoms with Gasteiger partial charge in [-0.3, -0.25) is 9.59 Å². The summed E-state index contributed by atoms with van der Waals surface area (Å²) in [5, 5.41) is 2.96. The Balaban J connectivity index is 2.84. The van der Waals surface area contributed by atoms with Crippen LogP contribution in [0.15, 0.2) is 30.3 Å². The maximum absolute atomic E-state index is 12.4. The van der Waals surface area contributed by atoms with Gasteiger partial charge >= 0.3 is 0 Å². The molecule has 1 rings (SSSR count). The molecule has 0 aliphatic rings. The Kier molecular flexibility index (Phi) is 7.64. The van der Waals surface area contributed by atoms with Crippen molar-refractivity contribution in [1.82, 2.24) is 10.2 Å². The van der Waals surface area contributed by atoms with Crippen LogP contribution in [0.1, 0.15) is 52.5 Å². The standard InChI is InChI=1S/C18H28N2O2/c1-5-10-17(21)20(13-16-11-8-7-9-12-16)15(4)18(22)19-14(3)6-2/h7-9,11-12,14-15H,5-6,10,13H2,1-4H3,(H,19,22)/t14-,15+/m1/s1. The molecule has 0 aliphatic carbocycles. The molecule has 0 aromatic heterocycles. The molecule has 22 heavy (non-hydrogen) atoms. The number of hydrogen-bond donors (Lipinski definition) is 1. The van der Waals surface area contributed by atoms with Crippen LogP contribution in [0.25, 0.3) is 0 Å². The van der Waals surface area contributed by atoms with Gasteiger partial charge in [0.15, 0.2) is 0 Å². The normalized spacial score (nSPS) is 13.3. The van der Waals surface area contributed by atoms with Gasteiger partial charge in [0.05, 0.1) is 0 Å². The van der Waals surface area contributed by atoms with Crippen LogP contribution in [-0.4, -0.2) is 28.8 Å². The number of carbonyl (C=O) groups is 2. The number of rotatable bonds is 8. The zero-order valence-electron chi connectivity index (χ0n) is 14.1. The van der Waals surface area contributed by atoms with Crippen LogP contribution < -0.4 is 5.32 Å². The largest absolute Gasteiger partial charge is 0.352 e. The van der Waals surface area contributed by atoms with E-state index in [1.54, 1.807) is 11.8 Å². The summed E-state index contributed by atoms with van der Waals surface area (Å²) in [4.78, 5) is 26.4. The maximum Gasteiger partial charge on any atom is 0.242 e. The fourth-order valence-corrected chi connectivity index (χ4v) is 2.19. The predicted octanol–water partition coefficient (Wildman–Crippen LogP) is 3.12. The third-order valence-corrected chi connectivity index (χ3v) is 3.83. The number of nitrogens with zero attached hydrogens (tertiary/aromatic N) is 1. The highest BCUT2D eigenvalue weighted by Gasteiger charge is 2.25. The number of amides is 2. The van der Waals surface area contributed by atoms with Gasteiger partial charge < -0.3 is 10.2 Å². The minimum Gasteiger partial charge on any atom is -0.352 e. The predicted molar refractivity (Wildman–Crippen MR) is 89.3 cm³/mol. The Hall–Kier alpha value is -1.84. The fourth-order valence-electron chi connectivity index (χ4n) is 2.19. The minimum atomic E-state index is -0.465. The van der Waals surface area contributed by atoms with E-state index in [-0.39, 0.29) is 17.9 Å². The number of hydrogen-bond acceptors (Lipinski definition) is 2. The van der Waals surface area contributed by atoms with Crippen LogP contribution in [0.3, 0.4) is 0 Å². The van der Waals surface area contributed by atoms with Crippen LogP contribution >= 0.6 is 0 Å². The average molecular weight is 304 g/mol. The van der Waals surface area contributed by atoms with Crippen LogP contribution in [0.4, 0.5) is 0 Å². The lowest BCUT2D eigenvalue weighted by molar-refractivity contribution is -0.140. The van der Waals surface area contributed by atoms with E-state index in [4.69, 9.17) is 0 Å². The Morgan fingerprint density at radius 1 is 1.14 bits per heavy atom. The lowest BCUT2D eigenvalue weighted by atomic mass is 10.1. The second-order valence-corrected chi connectivity index (χ2v) is 5.75. The van der Waals surface area contributed by atoms with Crippen molar-refractivity contribution in [3.8, 4) is 0 Å². The van der Waals surface area contributed by atoms with E-state index in [1.165, 1.54) is 0 Å². The van der Waals surface area contributed by atoms with E-state index >= 15 is 0 Å². The molecule has 2 amide bonds. The Morgan fingerprint density at radius 3 is 2.32 bits per heavy atom. The molecular weight excluding hydrogens is 276 g/mol. The number of benzene rings is 1. The van der Waals surface area contributed by atoms with E-state index in [9.17, 15) is 9.59 Å².